The van der Waals surface area contributed by atoms with Gasteiger partial charge in [0.1, 0.15) is 0 Å². The number of hydrogen-bond donors (Lipinski definition) is 1. The minimum atomic E-state index is -0.635. The fourth-order valence-electron chi connectivity index (χ4n) is 1.53. The van der Waals surface area contributed by atoms with E-state index >= 15 is 0 Å². The molecule has 0 fully saturated rings. The molecule has 1 amide bonds. The summed E-state index contributed by atoms with van der Waals surface area (Å²) < 4.78 is 10.5. The van der Waals surface area contributed by atoms with Gasteiger partial charge in [0.25, 0.3) is 5.91 Å². The molecule has 0 aliphatic carbocycles. The van der Waals surface area contributed by atoms with Gasteiger partial charge in [0, 0.05) is 22.9 Å². The Labute approximate surface area is 135 Å². The largest absolute Gasteiger partial charge is 0.452 e. The highest BCUT2D eigenvalue weighted by atomic mass is 79.9. The van der Waals surface area contributed by atoms with Crippen LogP contribution < -0.4 is 5.32 Å². The molecule has 2 aromatic heterocycles. The molecule has 116 valence electrons. The Balaban J connectivity index is 1.85. The molecule has 0 atom stereocenters. The molecule has 8 heteroatoms. The van der Waals surface area contributed by atoms with Crippen LogP contribution >= 0.6 is 15.9 Å². The molecule has 2 rings (SSSR count). The number of nitrogens with zero attached hydrogens (tertiary/aromatic N) is 2. The Morgan fingerprint density at radius 1 is 1.36 bits per heavy atom. The van der Waals surface area contributed by atoms with E-state index in [4.69, 9.17) is 9.26 Å². The van der Waals surface area contributed by atoms with E-state index in [9.17, 15) is 9.59 Å². The molecule has 0 radical (unpaired) electrons. The lowest BCUT2D eigenvalue weighted by Gasteiger charge is -2.04. The Hall–Kier alpha value is -2.22. The zero-order chi connectivity index (χ0) is 16.1. The fourth-order valence-corrected chi connectivity index (χ4v) is 1.90. The van der Waals surface area contributed by atoms with Crippen molar-refractivity contribution >= 4 is 33.7 Å². The molecular weight excluding hydrogens is 354 g/mol. The van der Waals surface area contributed by atoms with Crippen molar-refractivity contribution in [1.82, 2.24) is 10.1 Å². The van der Waals surface area contributed by atoms with Crippen LogP contribution in [-0.4, -0.2) is 28.6 Å². The number of rotatable bonds is 5. The average molecular weight is 368 g/mol. The number of amides is 1. The Kier molecular flexibility index (Phi) is 5.26. The average Bonchev–Trinajstić information content (AvgIpc) is 2.93. The van der Waals surface area contributed by atoms with E-state index in [1.165, 1.54) is 6.20 Å². The van der Waals surface area contributed by atoms with Crippen molar-refractivity contribution < 1.29 is 18.8 Å². The van der Waals surface area contributed by atoms with Crippen LogP contribution in [-0.2, 0) is 9.53 Å². The van der Waals surface area contributed by atoms with Crippen LogP contribution in [0.3, 0.4) is 0 Å². The Morgan fingerprint density at radius 2 is 2.14 bits per heavy atom. The monoisotopic (exact) mass is 367 g/mol. The standard InChI is InChI=1S/C14H14BrN3O4/c1-8(2)11-4-13(22-18-11)17-12(19)7-21-14(20)9-3-10(15)6-16-5-9/h3-6,8H,7H2,1-2H3,(H,17,19). The zero-order valence-electron chi connectivity index (χ0n) is 12.0. The molecule has 0 aromatic carbocycles. The van der Waals surface area contributed by atoms with E-state index < -0.39 is 18.5 Å². The maximum atomic E-state index is 11.7. The lowest BCUT2D eigenvalue weighted by atomic mass is 10.1. The van der Waals surface area contributed by atoms with Crippen LogP contribution in [0.15, 0.2) is 33.5 Å². The van der Waals surface area contributed by atoms with Gasteiger partial charge in [-0.2, -0.15) is 0 Å². The van der Waals surface area contributed by atoms with Crippen LogP contribution in [0.2, 0.25) is 0 Å². The van der Waals surface area contributed by atoms with E-state index in [0.717, 1.165) is 5.69 Å². The SMILES string of the molecule is CC(C)c1cc(NC(=O)COC(=O)c2cncc(Br)c2)on1. The molecular formula is C14H14BrN3O4. The molecule has 0 saturated heterocycles. The van der Waals surface area contributed by atoms with Gasteiger partial charge < -0.3 is 9.26 Å². The maximum Gasteiger partial charge on any atom is 0.340 e. The number of carbonyl (C=O) groups excluding carboxylic acids is 2. The third-order valence-electron chi connectivity index (χ3n) is 2.66. The van der Waals surface area contributed by atoms with Crippen LogP contribution in [0.25, 0.3) is 0 Å². The third kappa shape index (κ3) is 4.39. The first-order valence-electron chi connectivity index (χ1n) is 6.50. The minimum Gasteiger partial charge on any atom is -0.452 e. The van der Waals surface area contributed by atoms with Crippen LogP contribution in [0.5, 0.6) is 0 Å². The molecule has 0 unspecified atom stereocenters. The highest BCUT2D eigenvalue weighted by molar-refractivity contribution is 9.10. The Morgan fingerprint density at radius 3 is 2.77 bits per heavy atom. The normalized spacial score (nSPS) is 10.5. The van der Waals surface area contributed by atoms with Crippen LogP contribution in [0.1, 0.15) is 35.8 Å². The first-order valence-corrected chi connectivity index (χ1v) is 7.29. The van der Waals surface area contributed by atoms with Crippen molar-refractivity contribution in [2.24, 2.45) is 0 Å². The maximum absolute atomic E-state index is 11.7. The number of aromatic nitrogens is 2. The summed E-state index contributed by atoms with van der Waals surface area (Å²) in [6.45, 7) is 3.48. The zero-order valence-corrected chi connectivity index (χ0v) is 13.6. The third-order valence-corrected chi connectivity index (χ3v) is 3.09. The van der Waals surface area contributed by atoms with Crippen molar-refractivity contribution in [1.29, 1.82) is 0 Å². The number of esters is 1. The van der Waals surface area contributed by atoms with Crippen molar-refractivity contribution in [3.63, 3.8) is 0 Å². The Bertz CT molecular complexity index is 684. The molecule has 2 aromatic rings. The van der Waals surface area contributed by atoms with Gasteiger partial charge in [-0.25, -0.2) is 4.79 Å². The van der Waals surface area contributed by atoms with Gasteiger partial charge in [-0.1, -0.05) is 19.0 Å². The summed E-state index contributed by atoms with van der Waals surface area (Å²) >= 11 is 3.20. The number of ether oxygens (including phenoxy) is 1. The van der Waals surface area contributed by atoms with E-state index in [0.29, 0.717) is 4.47 Å². The second kappa shape index (κ2) is 7.17. The predicted molar refractivity (Wildman–Crippen MR) is 81.4 cm³/mol. The fraction of sp³-hybridized carbons (Fsp3) is 0.286. The van der Waals surface area contributed by atoms with Gasteiger partial charge in [0.05, 0.1) is 11.3 Å². The molecule has 0 spiro atoms. The molecule has 7 nitrogen and oxygen atoms in total. The molecule has 0 aliphatic heterocycles. The van der Waals surface area contributed by atoms with Crippen molar-refractivity contribution in [3.8, 4) is 0 Å². The van der Waals surface area contributed by atoms with Crippen LogP contribution in [0, 0.1) is 0 Å². The molecule has 0 bridgehead atoms. The number of halogens is 1. The van der Waals surface area contributed by atoms with Crippen molar-refractivity contribution in [3.05, 3.63) is 40.3 Å². The summed E-state index contributed by atoms with van der Waals surface area (Å²) in [7, 11) is 0. The molecule has 0 aliphatic rings. The topological polar surface area (TPSA) is 94.3 Å². The van der Waals surface area contributed by atoms with Gasteiger partial charge in [0.2, 0.25) is 5.88 Å². The molecule has 0 saturated carbocycles. The summed E-state index contributed by atoms with van der Waals surface area (Å²) in [5.74, 6) is -0.739. The molecule has 2 heterocycles. The summed E-state index contributed by atoms with van der Waals surface area (Å²) in [6.07, 6.45) is 2.90. The van der Waals surface area contributed by atoms with Gasteiger partial charge in [-0.05, 0) is 27.9 Å². The van der Waals surface area contributed by atoms with Gasteiger partial charge in [-0.15, -0.1) is 0 Å². The smallest absolute Gasteiger partial charge is 0.340 e. The van der Waals surface area contributed by atoms with E-state index in [-0.39, 0.29) is 17.4 Å². The van der Waals surface area contributed by atoms with E-state index in [1.54, 1.807) is 18.3 Å². The first-order chi connectivity index (χ1) is 10.5. The predicted octanol–water partition coefficient (Wildman–Crippen LogP) is 2.75. The number of pyridine rings is 1. The second-order valence-electron chi connectivity index (χ2n) is 4.79. The summed E-state index contributed by atoms with van der Waals surface area (Å²) in [5, 5.41) is 6.28. The van der Waals surface area contributed by atoms with Gasteiger partial charge in [-0.3, -0.25) is 15.1 Å². The van der Waals surface area contributed by atoms with Gasteiger partial charge in [0.15, 0.2) is 6.61 Å². The number of nitrogens with one attached hydrogen (secondary N) is 1. The number of carbonyl (C=O) groups is 2. The van der Waals surface area contributed by atoms with Crippen LogP contribution in [0.4, 0.5) is 5.88 Å². The minimum absolute atomic E-state index is 0.191. The summed E-state index contributed by atoms with van der Waals surface area (Å²) in [6, 6.07) is 3.18. The van der Waals surface area contributed by atoms with E-state index in [2.05, 4.69) is 31.4 Å². The van der Waals surface area contributed by atoms with E-state index in [1.807, 2.05) is 13.8 Å². The lowest BCUT2D eigenvalue weighted by molar-refractivity contribution is -0.119. The quantitative estimate of drug-likeness (QED) is 0.816. The highest BCUT2D eigenvalue weighted by Gasteiger charge is 2.13. The van der Waals surface area contributed by atoms with Crippen molar-refractivity contribution in [2.45, 2.75) is 19.8 Å². The van der Waals surface area contributed by atoms with Crippen molar-refractivity contribution in [2.75, 3.05) is 11.9 Å². The highest BCUT2D eigenvalue weighted by Crippen LogP contribution is 2.17. The first kappa shape index (κ1) is 16.2. The summed E-state index contributed by atoms with van der Waals surface area (Å²) in [5.41, 5.74) is 0.983. The van der Waals surface area contributed by atoms with Gasteiger partial charge >= 0.3 is 5.97 Å². The molecule has 1 N–H and O–H groups in total. The number of anilines is 1. The summed E-state index contributed by atoms with van der Waals surface area (Å²) in [4.78, 5) is 27.3. The second-order valence-corrected chi connectivity index (χ2v) is 5.70. The molecule has 22 heavy (non-hydrogen) atoms. The lowest BCUT2D eigenvalue weighted by Crippen LogP contribution is -2.20. The number of hydrogen-bond acceptors (Lipinski definition) is 6.